The zero-order valence-corrected chi connectivity index (χ0v) is 25.8. The van der Waals surface area contributed by atoms with E-state index in [0.717, 1.165) is 67.9 Å². The quantitative estimate of drug-likeness (QED) is 0.164. The molecule has 0 bridgehead atoms. The Hall–Kier alpha value is -5.98. The predicted molar refractivity (Wildman–Crippen MR) is 189 cm³/mol. The lowest BCUT2D eigenvalue weighted by atomic mass is 9.94. The fourth-order valence-corrected chi connectivity index (χ4v) is 6.29. The number of rotatable bonds is 9. The van der Waals surface area contributed by atoms with Gasteiger partial charge in [-0.25, -0.2) is 9.67 Å². The van der Waals surface area contributed by atoms with Crippen molar-refractivity contribution in [2.45, 2.75) is 19.6 Å². The van der Waals surface area contributed by atoms with Gasteiger partial charge >= 0.3 is 0 Å². The molecule has 0 atom stereocenters. The smallest absolute Gasteiger partial charge is 0.164 e. The molecule has 0 radical (unpaired) electrons. The maximum absolute atomic E-state index is 5.31. The van der Waals surface area contributed by atoms with E-state index in [-0.39, 0.29) is 0 Å². The molecule has 6 nitrogen and oxygen atoms in total. The van der Waals surface area contributed by atoms with Crippen LogP contribution in [-0.2, 0) is 19.6 Å². The highest BCUT2D eigenvalue weighted by molar-refractivity contribution is 6.13. The number of pyridine rings is 3. The van der Waals surface area contributed by atoms with Gasteiger partial charge < -0.3 is 0 Å². The standard InChI is InChI=1S/C41H32N6/c1-4-14-31(15-5-1)38-36-26-30(27-46(28-33-18-10-12-24-42-33)29-34-19-11-13-25-43-34)22-23-37(36)44-41-39(38)40(32-16-6-2-7-17-32)45-47(41)35-20-8-3-9-21-35/h1-26H,27-29H2. The Balaban J connectivity index is 1.32. The van der Waals surface area contributed by atoms with Crippen molar-refractivity contribution in [3.05, 3.63) is 175 Å². The third-order valence-corrected chi connectivity index (χ3v) is 8.41. The Morgan fingerprint density at radius 3 is 1.77 bits per heavy atom. The molecule has 226 valence electrons. The predicted octanol–water partition coefficient (Wildman–Crippen LogP) is 8.90. The first-order chi connectivity index (χ1) is 23.3. The summed E-state index contributed by atoms with van der Waals surface area (Å²) in [6.45, 7) is 2.14. The van der Waals surface area contributed by atoms with E-state index in [4.69, 9.17) is 10.1 Å². The average Bonchev–Trinajstić information content (AvgIpc) is 3.51. The Labute approximate surface area is 273 Å². The molecule has 6 heteroatoms. The summed E-state index contributed by atoms with van der Waals surface area (Å²) in [5.74, 6) is 0. The molecule has 0 unspecified atom stereocenters. The van der Waals surface area contributed by atoms with E-state index in [2.05, 4.69) is 112 Å². The van der Waals surface area contributed by atoms with Gasteiger partial charge in [-0.05, 0) is 59.7 Å². The van der Waals surface area contributed by atoms with E-state index >= 15 is 0 Å². The maximum Gasteiger partial charge on any atom is 0.164 e. The molecule has 8 aromatic rings. The molecule has 8 rings (SSSR count). The highest BCUT2D eigenvalue weighted by atomic mass is 15.3. The number of nitrogens with zero attached hydrogens (tertiary/aromatic N) is 6. The molecule has 0 aliphatic heterocycles. The Morgan fingerprint density at radius 2 is 1.15 bits per heavy atom. The summed E-state index contributed by atoms with van der Waals surface area (Å²) in [6.07, 6.45) is 3.71. The van der Waals surface area contributed by atoms with Crippen LogP contribution in [0.5, 0.6) is 0 Å². The minimum absolute atomic E-state index is 0.709. The first-order valence-corrected chi connectivity index (χ1v) is 15.8. The summed E-state index contributed by atoms with van der Waals surface area (Å²) in [5.41, 5.74) is 10.2. The van der Waals surface area contributed by atoms with Gasteiger partial charge in [0, 0.05) is 48.5 Å². The van der Waals surface area contributed by atoms with Crippen molar-refractivity contribution in [1.29, 1.82) is 0 Å². The number of para-hydroxylation sites is 1. The maximum atomic E-state index is 5.31. The second-order valence-electron chi connectivity index (χ2n) is 11.7. The lowest BCUT2D eigenvalue weighted by Gasteiger charge is -2.22. The molecule has 0 saturated carbocycles. The van der Waals surface area contributed by atoms with Crippen LogP contribution in [0.15, 0.2) is 158 Å². The molecule has 0 aliphatic carbocycles. The summed E-state index contributed by atoms with van der Waals surface area (Å²) in [5, 5.41) is 7.37. The molecule has 0 fully saturated rings. The third kappa shape index (κ3) is 5.90. The number of fused-ring (bicyclic) bond motifs is 2. The van der Waals surface area contributed by atoms with Gasteiger partial charge in [0.05, 0.1) is 28.0 Å². The van der Waals surface area contributed by atoms with Crippen molar-refractivity contribution >= 4 is 21.9 Å². The zero-order chi connectivity index (χ0) is 31.4. The summed E-state index contributed by atoms with van der Waals surface area (Å²) < 4.78 is 1.99. The van der Waals surface area contributed by atoms with Crippen LogP contribution in [0.1, 0.15) is 17.0 Å². The second-order valence-corrected chi connectivity index (χ2v) is 11.7. The van der Waals surface area contributed by atoms with Gasteiger partial charge in [-0.15, -0.1) is 0 Å². The molecule has 0 aliphatic rings. The minimum atomic E-state index is 0.709. The van der Waals surface area contributed by atoms with Gasteiger partial charge in [-0.3, -0.25) is 14.9 Å². The Kier molecular flexibility index (Phi) is 7.75. The molecular weight excluding hydrogens is 576 g/mol. The van der Waals surface area contributed by atoms with Crippen molar-refractivity contribution in [2.75, 3.05) is 0 Å². The van der Waals surface area contributed by atoms with Crippen LogP contribution in [0.4, 0.5) is 0 Å². The van der Waals surface area contributed by atoms with Gasteiger partial charge in [0.25, 0.3) is 0 Å². The van der Waals surface area contributed by atoms with Crippen LogP contribution in [0.2, 0.25) is 0 Å². The molecule has 0 spiro atoms. The number of aromatic nitrogens is 5. The van der Waals surface area contributed by atoms with Gasteiger partial charge in [-0.1, -0.05) is 97.1 Å². The van der Waals surface area contributed by atoms with Crippen molar-refractivity contribution in [1.82, 2.24) is 29.6 Å². The van der Waals surface area contributed by atoms with Gasteiger partial charge in [-0.2, -0.15) is 5.10 Å². The van der Waals surface area contributed by atoms with Gasteiger partial charge in [0.2, 0.25) is 0 Å². The van der Waals surface area contributed by atoms with Crippen molar-refractivity contribution in [2.24, 2.45) is 0 Å². The minimum Gasteiger partial charge on any atom is -0.287 e. The van der Waals surface area contributed by atoms with Gasteiger partial charge in [0.15, 0.2) is 5.65 Å². The zero-order valence-electron chi connectivity index (χ0n) is 25.8. The molecule has 47 heavy (non-hydrogen) atoms. The number of benzene rings is 4. The average molecular weight is 609 g/mol. The third-order valence-electron chi connectivity index (χ3n) is 8.41. The van der Waals surface area contributed by atoms with Crippen LogP contribution in [0, 0.1) is 0 Å². The Bertz CT molecular complexity index is 2210. The summed E-state index contributed by atoms with van der Waals surface area (Å²) >= 11 is 0. The fraction of sp³-hybridized carbons (Fsp3) is 0.0732. The van der Waals surface area contributed by atoms with Crippen LogP contribution in [0.3, 0.4) is 0 Å². The van der Waals surface area contributed by atoms with E-state index < -0.39 is 0 Å². The van der Waals surface area contributed by atoms with Crippen LogP contribution < -0.4 is 0 Å². The fourth-order valence-electron chi connectivity index (χ4n) is 6.29. The summed E-state index contributed by atoms with van der Waals surface area (Å²) in [4.78, 5) is 16.9. The number of hydrogen-bond acceptors (Lipinski definition) is 5. The highest BCUT2D eigenvalue weighted by Crippen LogP contribution is 2.41. The van der Waals surface area contributed by atoms with E-state index in [1.165, 1.54) is 5.56 Å². The first-order valence-electron chi connectivity index (χ1n) is 15.8. The monoisotopic (exact) mass is 608 g/mol. The lowest BCUT2D eigenvalue weighted by Crippen LogP contribution is -2.23. The van der Waals surface area contributed by atoms with Crippen LogP contribution in [-0.4, -0.2) is 29.6 Å². The normalized spacial score (nSPS) is 11.4. The second kappa shape index (κ2) is 12.8. The van der Waals surface area contributed by atoms with Crippen LogP contribution >= 0.6 is 0 Å². The lowest BCUT2D eigenvalue weighted by molar-refractivity contribution is 0.242. The van der Waals surface area contributed by atoms with Crippen molar-refractivity contribution in [3.63, 3.8) is 0 Å². The van der Waals surface area contributed by atoms with Crippen molar-refractivity contribution < 1.29 is 0 Å². The number of hydrogen-bond donors (Lipinski definition) is 0. The topological polar surface area (TPSA) is 59.7 Å². The van der Waals surface area contributed by atoms with E-state index in [9.17, 15) is 0 Å². The van der Waals surface area contributed by atoms with E-state index in [0.29, 0.717) is 13.1 Å². The van der Waals surface area contributed by atoms with Gasteiger partial charge in [0.1, 0.15) is 5.69 Å². The Morgan fingerprint density at radius 1 is 0.553 bits per heavy atom. The summed E-state index contributed by atoms with van der Waals surface area (Å²) in [7, 11) is 0. The molecule has 0 saturated heterocycles. The molecule has 4 aromatic carbocycles. The molecular formula is C41H32N6. The SMILES string of the molecule is c1ccc(-c2nn(-c3ccccc3)c3nc4ccc(CN(Cc5ccccn5)Cc5ccccn5)cc4c(-c4ccccc4)c23)cc1. The van der Waals surface area contributed by atoms with E-state index in [1.54, 1.807) is 0 Å². The summed E-state index contributed by atoms with van der Waals surface area (Å²) in [6, 6.07) is 50.1. The highest BCUT2D eigenvalue weighted by Gasteiger charge is 2.22. The van der Waals surface area contributed by atoms with Crippen molar-refractivity contribution in [3.8, 4) is 28.1 Å². The van der Waals surface area contributed by atoms with Crippen LogP contribution in [0.25, 0.3) is 50.0 Å². The first kappa shape index (κ1) is 28.5. The largest absolute Gasteiger partial charge is 0.287 e. The molecule has 0 amide bonds. The molecule has 0 N–H and O–H groups in total. The van der Waals surface area contributed by atoms with E-state index in [1.807, 2.05) is 65.6 Å². The molecule has 4 aromatic heterocycles. The molecule has 4 heterocycles.